The number of alkyl halides is 3. The first kappa shape index (κ1) is 29.1. The summed E-state index contributed by atoms with van der Waals surface area (Å²) in [6.07, 6.45) is -1.58. The van der Waals surface area contributed by atoms with Gasteiger partial charge in [0.15, 0.2) is 5.75 Å². The third kappa shape index (κ3) is 4.68. The number of hydrogen-bond acceptors (Lipinski definition) is 9. The number of amides is 1. The van der Waals surface area contributed by atoms with Crippen LogP contribution in [-0.4, -0.2) is 62.4 Å². The van der Waals surface area contributed by atoms with Gasteiger partial charge in [0.1, 0.15) is 35.0 Å². The molecular weight excluding hydrogens is 616 g/mol. The maximum Gasteiger partial charge on any atom is 0.421 e. The molecule has 4 heterocycles. The van der Waals surface area contributed by atoms with E-state index in [1.54, 1.807) is 11.6 Å². The standard InChI is InChI=1S/C30H24F4N6O4S/c1-43-21-10-17(11-22-25(21)36-15-45-22)27(41)35-13-28(42,18-4-5-18)23-12-20-26(24(38-23)16-2-6-19(31)7-3-16)44-14-29(20,30(32,33)34)40-9-8-37-39-40/h2-3,6-12,15,18,42H,4-5,13-14H2,1H3,(H,35,41)/t28?,29-/m0/s1. The Kier molecular flexibility index (Phi) is 6.78. The number of hydrogen-bond donors (Lipinski definition) is 2. The summed E-state index contributed by atoms with van der Waals surface area (Å²) in [4.78, 5) is 22.2. The molecule has 232 valence electrons. The number of benzene rings is 2. The molecule has 1 aliphatic carbocycles. The number of methoxy groups -OCH3 is 1. The third-order valence-electron chi connectivity index (χ3n) is 8.34. The minimum absolute atomic E-state index is 0.0143. The number of thiazole rings is 1. The maximum atomic E-state index is 15.1. The van der Waals surface area contributed by atoms with Crippen LogP contribution in [0.4, 0.5) is 17.6 Å². The molecule has 0 radical (unpaired) electrons. The first-order valence-corrected chi connectivity index (χ1v) is 14.7. The monoisotopic (exact) mass is 640 g/mol. The van der Waals surface area contributed by atoms with Crippen molar-refractivity contribution in [2.45, 2.75) is 30.2 Å². The molecule has 45 heavy (non-hydrogen) atoms. The highest BCUT2D eigenvalue weighted by atomic mass is 32.1. The first-order chi connectivity index (χ1) is 21.5. The smallest absolute Gasteiger partial charge is 0.421 e. The molecule has 7 rings (SSSR count). The molecule has 2 atom stereocenters. The Labute approximate surface area is 256 Å². The lowest BCUT2D eigenvalue weighted by Gasteiger charge is -2.32. The van der Waals surface area contributed by atoms with E-state index < -0.39 is 41.6 Å². The highest BCUT2D eigenvalue weighted by Crippen LogP contribution is 2.54. The van der Waals surface area contributed by atoms with E-state index in [4.69, 9.17) is 9.47 Å². The van der Waals surface area contributed by atoms with Crippen molar-refractivity contribution in [3.05, 3.63) is 83.0 Å². The van der Waals surface area contributed by atoms with Gasteiger partial charge in [0.25, 0.3) is 5.91 Å². The van der Waals surface area contributed by atoms with Gasteiger partial charge in [0.2, 0.25) is 5.54 Å². The molecule has 1 amide bonds. The summed E-state index contributed by atoms with van der Waals surface area (Å²) < 4.78 is 71.5. The molecular formula is C30H24F4N6O4S. The van der Waals surface area contributed by atoms with Gasteiger partial charge in [-0.15, -0.1) is 16.4 Å². The van der Waals surface area contributed by atoms with Crippen LogP contribution in [0.25, 0.3) is 21.5 Å². The lowest BCUT2D eigenvalue weighted by Crippen LogP contribution is -2.50. The normalized spacial score (nSPS) is 19.2. The molecule has 3 aromatic heterocycles. The molecule has 0 saturated heterocycles. The van der Waals surface area contributed by atoms with Gasteiger partial charge in [-0.05, 0) is 61.2 Å². The SMILES string of the molecule is COc1cc(C(=O)NCC(O)(c2cc3c(c(-c4ccc(F)cc4)n2)OC[C@@]3(n2ccnn2)C(F)(F)F)C2CC2)cc2scnc12. The Hall–Kier alpha value is -4.63. The number of carbonyl (C=O) groups excluding carboxylic acids is 1. The van der Waals surface area contributed by atoms with Crippen molar-refractivity contribution in [2.24, 2.45) is 5.92 Å². The summed E-state index contributed by atoms with van der Waals surface area (Å²) in [6.45, 7) is -1.22. The second-order valence-corrected chi connectivity index (χ2v) is 11.9. The Bertz CT molecular complexity index is 1910. The van der Waals surface area contributed by atoms with E-state index in [-0.39, 0.29) is 40.4 Å². The molecule has 1 fully saturated rings. The number of aliphatic hydroxyl groups is 1. The largest absolute Gasteiger partial charge is 0.494 e. The number of pyridine rings is 1. The van der Waals surface area contributed by atoms with Gasteiger partial charge in [-0.1, -0.05) is 5.21 Å². The second kappa shape index (κ2) is 10.5. The van der Waals surface area contributed by atoms with E-state index in [2.05, 4.69) is 25.6 Å². The summed E-state index contributed by atoms with van der Waals surface area (Å²) in [7, 11) is 1.46. The van der Waals surface area contributed by atoms with Crippen LogP contribution in [0, 0.1) is 11.7 Å². The predicted octanol–water partition coefficient (Wildman–Crippen LogP) is 4.82. The Morgan fingerprint density at radius 2 is 2.00 bits per heavy atom. The van der Waals surface area contributed by atoms with Crippen LogP contribution in [0.1, 0.15) is 34.5 Å². The van der Waals surface area contributed by atoms with Crippen molar-refractivity contribution in [3.63, 3.8) is 0 Å². The van der Waals surface area contributed by atoms with E-state index in [1.165, 1.54) is 42.7 Å². The number of rotatable bonds is 8. The molecule has 10 nitrogen and oxygen atoms in total. The van der Waals surface area contributed by atoms with E-state index in [0.717, 1.165) is 29.2 Å². The minimum atomic E-state index is -4.91. The predicted molar refractivity (Wildman–Crippen MR) is 153 cm³/mol. The molecule has 5 aromatic rings. The Morgan fingerprint density at radius 3 is 2.67 bits per heavy atom. The van der Waals surface area contributed by atoms with E-state index in [9.17, 15) is 14.3 Å². The second-order valence-electron chi connectivity index (χ2n) is 11.0. The molecule has 2 aromatic carbocycles. The van der Waals surface area contributed by atoms with Crippen LogP contribution in [0.5, 0.6) is 11.5 Å². The number of fused-ring (bicyclic) bond motifs is 2. The van der Waals surface area contributed by atoms with Gasteiger partial charge in [-0.3, -0.25) is 4.79 Å². The van der Waals surface area contributed by atoms with Crippen LogP contribution in [0.3, 0.4) is 0 Å². The Morgan fingerprint density at radius 1 is 1.22 bits per heavy atom. The van der Waals surface area contributed by atoms with E-state index in [1.807, 2.05) is 0 Å². The average Bonchev–Trinajstić information content (AvgIpc) is 3.38. The number of nitrogens with zero attached hydrogens (tertiary/aromatic N) is 5. The molecule has 0 spiro atoms. The van der Waals surface area contributed by atoms with Gasteiger partial charge in [0.05, 0.1) is 35.8 Å². The fraction of sp³-hybridized carbons (Fsp3) is 0.300. The highest BCUT2D eigenvalue weighted by molar-refractivity contribution is 7.16. The van der Waals surface area contributed by atoms with E-state index in [0.29, 0.717) is 28.8 Å². The summed E-state index contributed by atoms with van der Waals surface area (Å²) in [5, 5.41) is 22.2. The van der Waals surface area contributed by atoms with Crippen molar-refractivity contribution < 1.29 is 36.9 Å². The number of nitrogens with one attached hydrogen (secondary N) is 1. The molecule has 2 N–H and O–H groups in total. The fourth-order valence-corrected chi connectivity index (χ4v) is 6.51. The van der Waals surface area contributed by atoms with Crippen LogP contribution >= 0.6 is 11.3 Å². The van der Waals surface area contributed by atoms with Crippen molar-refractivity contribution in [3.8, 4) is 22.8 Å². The summed E-state index contributed by atoms with van der Waals surface area (Å²) in [5.41, 5.74) is -2.34. The number of ether oxygens (including phenoxy) is 2. The zero-order valence-corrected chi connectivity index (χ0v) is 24.3. The van der Waals surface area contributed by atoms with Gasteiger partial charge < -0.3 is 19.9 Å². The zero-order valence-electron chi connectivity index (χ0n) is 23.5. The molecule has 15 heteroatoms. The Balaban J connectivity index is 1.34. The third-order valence-corrected chi connectivity index (χ3v) is 9.12. The highest BCUT2D eigenvalue weighted by Gasteiger charge is 2.64. The van der Waals surface area contributed by atoms with Crippen molar-refractivity contribution >= 4 is 27.5 Å². The number of carbonyl (C=O) groups is 1. The van der Waals surface area contributed by atoms with Gasteiger partial charge in [-0.25, -0.2) is 19.0 Å². The molecule has 1 aliphatic heterocycles. The maximum absolute atomic E-state index is 15.1. The lowest BCUT2D eigenvalue weighted by molar-refractivity contribution is -0.205. The van der Waals surface area contributed by atoms with E-state index >= 15 is 13.2 Å². The zero-order chi connectivity index (χ0) is 31.6. The molecule has 2 aliphatic rings. The fourth-order valence-electron chi connectivity index (χ4n) is 5.78. The quantitative estimate of drug-likeness (QED) is 0.232. The number of aromatic nitrogens is 5. The summed E-state index contributed by atoms with van der Waals surface area (Å²) in [6, 6.07) is 9.39. The average molecular weight is 641 g/mol. The first-order valence-electron chi connectivity index (χ1n) is 13.9. The van der Waals surface area contributed by atoms with Crippen molar-refractivity contribution in [1.82, 2.24) is 30.3 Å². The van der Waals surface area contributed by atoms with Crippen LogP contribution in [-0.2, 0) is 11.1 Å². The number of halogens is 4. The molecule has 0 bridgehead atoms. The summed E-state index contributed by atoms with van der Waals surface area (Å²) >= 11 is 1.33. The van der Waals surface area contributed by atoms with Gasteiger partial charge in [-0.2, -0.15) is 13.2 Å². The van der Waals surface area contributed by atoms with Gasteiger partial charge in [0, 0.05) is 22.9 Å². The van der Waals surface area contributed by atoms with Crippen LogP contribution in [0.2, 0.25) is 0 Å². The molecule has 1 saturated carbocycles. The molecule has 1 unspecified atom stereocenters. The topological polar surface area (TPSA) is 124 Å². The van der Waals surface area contributed by atoms with Crippen LogP contribution < -0.4 is 14.8 Å². The van der Waals surface area contributed by atoms with Crippen molar-refractivity contribution in [2.75, 3.05) is 20.3 Å². The summed E-state index contributed by atoms with van der Waals surface area (Å²) in [5.74, 6) is -1.26. The lowest BCUT2D eigenvalue weighted by atomic mass is 9.85. The van der Waals surface area contributed by atoms with Crippen LogP contribution in [0.15, 0.2) is 60.4 Å². The minimum Gasteiger partial charge on any atom is -0.494 e. The van der Waals surface area contributed by atoms with Crippen molar-refractivity contribution in [1.29, 1.82) is 0 Å². The van der Waals surface area contributed by atoms with Gasteiger partial charge >= 0.3 is 6.18 Å².